The quantitative estimate of drug-likeness (QED) is 0.853. The van der Waals surface area contributed by atoms with Crippen molar-refractivity contribution in [3.05, 3.63) is 24.0 Å². The van der Waals surface area contributed by atoms with E-state index >= 15 is 0 Å². The van der Waals surface area contributed by atoms with E-state index in [2.05, 4.69) is 25.4 Å². The van der Waals surface area contributed by atoms with Crippen LogP contribution in [0.4, 0.5) is 5.82 Å². The minimum absolute atomic E-state index is 0.258. The van der Waals surface area contributed by atoms with Crippen LogP contribution in [-0.2, 0) is 24.3 Å². The normalized spacial score (nSPS) is 17.1. The molecule has 0 amide bonds. The van der Waals surface area contributed by atoms with E-state index in [-0.39, 0.29) is 6.04 Å². The van der Waals surface area contributed by atoms with E-state index in [0.29, 0.717) is 19.1 Å². The smallest absolute Gasteiger partial charge is 0.218 e. The van der Waals surface area contributed by atoms with Gasteiger partial charge in [-0.15, -0.1) is 0 Å². The molecular formula is C14H20N6O2. The Labute approximate surface area is 128 Å². The molecule has 1 atom stereocenters. The first kappa shape index (κ1) is 14.7. The standard InChI is InChI=1S/C14H20N6O2/c1-3-22-14-6-11(15-9-16-14)17-10-4-5-13-18-12(8-21-2)19-20(13)7-10/h6,9-10H,3-5,7-8H2,1-2H3,(H,15,16,17)/t10-/m1/s1. The number of anilines is 1. The minimum Gasteiger partial charge on any atom is -0.478 e. The molecule has 0 spiro atoms. The van der Waals surface area contributed by atoms with Gasteiger partial charge in [0.05, 0.1) is 13.2 Å². The molecule has 8 nitrogen and oxygen atoms in total. The summed E-state index contributed by atoms with van der Waals surface area (Å²) >= 11 is 0. The molecule has 0 aromatic carbocycles. The lowest BCUT2D eigenvalue weighted by atomic mass is 10.1. The van der Waals surface area contributed by atoms with Gasteiger partial charge in [0.2, 0.25) is 5.88 Å². The van der Waals surface area contributed by atoms with Crippen molar-refractivity contribution >= 4 is 5.82 Å². The first-order valence-electron chi connectivity index (χ1n) is 7.41. The number of hydrogen-bond donors (Lipinski definition) is 1. The van der Waals surface area contributed by atoms with E-state index in [9.17, 15) is 0 Å². The van der Waals surface area contributed by atoms with Gasteiger partial charge in [0.15, 0.2) is 5.82 Å². The van der Waals surface area contributed by atoms with E-state index in [1.54, 1.807) is 7.11 Å². The van der Waals surface area contributed by atoms with Gasteiger partial charge >= 0.3 is 0 Å². The average Bonchev–Trinajstić information content (AvgIpc) is 2.90. The zero-order chi connectivity index (χ0) is 15.4. The van der Waals surface area contributed by atoms with Gasteiger partial charge in [0.1, 0.15) is 24.6 Å². The molecule has 3 rings (SSSR count). The summed E-state index contributed by atoms with van der Waals surface area (Å²) in [5.74, 6) is 3.10. The molecule has 2 aromatic heterocycles. The highest BCUT2D eigenvalue weighted by Gasteiger charge is 2.22. The van der Waals surface area contributed by atoms with Crippen LogP contribution in [0.1, 0.15) is 25.0 Å². The maximum Gasteiger partial charge on any atom is 0.218 e. The molecule has 0 radical (unpaired) electrons. The predicted molar refractivity (Wildman–Crippen MR) is 79.7 cm³/mol. The van der Waals surface area contributed by atoms with Gasteiger partial charge in [0, 0.05) is 25.6 Å². The number of nitrogens with zero attached hydrogens (tertiary/aromatic N) is 5. The molecule has 1 N–H and O–H groups in total. The van der Waals surface area contributed by atoms with Gasteiger partial charge in [0.25, 0.3) is 0 Å². The monoisotopic (exact) mass is 304 g/mol. The van der Waals surface area contributed by atoms with E-state index < -0.39 is 0 Å². The van der Waals surface area contributed by atoms with Crippen LogP contribution in [0.2, 0.25) is 0 Å². The van der Waals surface area contributed by atoms with Crippen LogP contribution in [0, 0.1) is 0 Å². The van der Waals surface area contributed by atoms with Crippen LogP contribution in [0.3, 0.4) is 0 Å². The Balaban J connectivity index is 1.65. The second-order valence-corrected chi connectivity index (χ2v) is 5.11. The fraction of sp³-hybridized carbons (Fsp3) is 0.571. The minimum atomic E-state index is 0.258. The molecule has 0 unspecified atom stereocenters. The summed E-state index contributed by atoms with van der Waals surface area (Å²) in [6, 6.07) is 2.07. The molecule has 1 aliphatic heterocycles. The maximum absolute atomic E-state index is 5.39. The maximum atomic E-state index is 5.39. The molecule has 3 heterocycles. The first-order chi connectivity index (χ1) is 10.8. The van der Waals surface area contributed by atoms with Gasteiger partial charge in [-0.3, -0.25) is 0 Å². The zero-order valence-electron chi connectivity index (χ0n) is 12.8. The Morgan fingerprint density at radius 3 is 3.14 bits per heavy atom. The fourth-order valence-corrected chi connectivity index (χ4v) is 2.52. The van der Waals surface area contributed by atoms with Crippen LogP contribution in [0.25, 0.3) is 0 Å². The van der Waals surface area contributed by atoms with Gasteiger partial charge in [-0.25, -0.2) is 19.6 Å². The molecule has 0 aliphatic carbocycles. The zero-order valence-corrected chi connectivity index (χ0v) is 12.8. The van der Waals surface area contributed by atoms with E-state index in [1.165, 1.54) is 6.33 Å². The number of aryl methyl sites for hydroxylation is 1. The Bertz CT molecular complexity index is 630. The van der Waals surface area contributed by atoms with Crippen molar-refractivity contribution in [2.45, 2.75) is 39.0 Å². The lowest BCUT2D eigenvalue weighted by Crippen LogP contribution is -2.32. The Kier molecular flexibility index (Phi) is 4.47. The van der Waals surface area contributed by atoms with E-state index in [0.717, 1.165) is 36.9 Å². The highest BCUT2D eigenvalue weighted by molar-refractivity contribution is 5.38. The lowest BCUT2D eigenvalue weighted by Gasteiger charge is -2.23. The predicted octanol–water partition coefficient (Wildman–Crippen LogP) is 1.04. The summed E-state index contributed by atoms with van der Waals surface area (Å²) in [5, 5.41) is 7.87. The second-order valence-electron chi connectivity index (χ2n) is 5.11. The molecule has 22 heavy (non-hydrogen) atoms. The average molecular weight is 304 g/mol. The Hall–Kier alpha value is -2.22. The van der Waals surface area contributed by atoms with Crippen LogP contribution >= 0.6 is 0 Å². The summed E-state index contributed by atoms with van der Waals surface area (Å²) < 4.78 is 12.4. The van der Waals surface area contributed by atoms with Gasteiger partial charge < -0.3 is 14.8 Å². The third kappa shape index (κ3) is 3.33. The molecule has 0 fully saturated rings. The fourth-order valence-electron chi connectivity index (χ4n) is 2.52. The van der Waals surface area contributed by atoms with E-state index in [4.69, 9.17) is 9.47 Å². The van der Waals surface area contributed by atoms with E-state index in [1.807, 2.05) is 17.7 Å². The molecule has 0 bridgehead atoms. The molecular weight excluding hydrogens is 284 g/mol. The van der Waals surface area contributed by atoms with Crippen molar-refractivity contribution in [2.75, 3.05) is 19.0 Å². The third-order valence-corrected chi connectivity index (χ3v) is 3.46. The molecule has 0 saturated carbocycles. The van der Waals surface area contributed by atoms with Crippen LogP contribution < -0.4 is 10.1 Å². The van der Waals surface area contributed by atoms with Crippen molar-refractivity contribution in [3.8, 4) is 5.88 Å². The van der Waals surface area contributed by atoms with Crippen LogP contribution in [0.5, 0.6) is 5.88 Å². The molecule has 118 valence electrons. The van der Waals surface area contributed by atoms with Crippen LogP contribution in [-0.4, -0.2) is 44.5 Å². The molecule has 8 heteroatoms. The van der Waals surface area contributed by atoms with Crippen molar-refractivity contribution in [1.29, 1.82) is 0 Å². The van der Waals surface area contributed by atoms with Crippen LogP contribution in [0.15, 0.2) is 12.4 Å². The number of fused-ring (bicyclic) bond motifs is 1. The number of hydrogen-bond acceptors (Lipinski definition) is 7. The molecule has 1 aliphatic rings. The van der Waals surface area contributed by atoms with Crippen molar-refractivity contribution < 1.29 is 9.47 Å². The Morgan fingerprint density at radius 2 is 2.32 bits per heavy atom. The molecule has 2 aromatic rings. The summed E-state index contributed by atoms with van der Waals surface area (Å²) in [6.45, 7) is 3.73. The SMILES string of the molecule is CCOc1cc(N[C@@H]2CCc3nc(COC)nn3C2)ncn1. The van der Waals surface area contributed by atoms with Crippen molar-refractivity contribution in [1.82, 2.24) is 24.7 Å². The molecule has 0 saturated heterocycles. The number of nitrogens with one attached hydrogen (secondary N) is 1. The lowest BCUT2D eigenvalue weighted by molar-refractivity contribution is 0.177. The van der Waals surface area contributed by atoms with Gasteiger partial charge in [-0.1, -0.05) is 0 Å². The largest absolute Gasteiger partial charge is 0.478 e. The second kappa shape index (κ2) is 6.69. The number of aromatic nitrogens is 5. The summed E-state index contributed by atoms with van der Waals surface area (Å²) in [7, 11) is 1.65. The number of rotatable bonds is 6. The topological polar surface area (TPSA) is 87.0 Å². The summed E-state index contributed by atoms with van der Waals surface area (Å²) in [5.41, 5.74) is 0. The van der Waals surface area contributed by atoms with Gasteiger partial charge in [-0.2, -0.15) is 5.10 Å². The Morgan fingerprint density at radius 1 is 1.41 bits per heavy atom. The highest BCUT2D eigenvalue weighted by atomic mass is 16.5. The number of ether oxygens (including phenoxy) is 2. The van der Waals surface area contributed by atoms with Gasteiger partial charge in [-0.05, 0) is 13.3 Å². The van der Waals surface area contributed by atoms with Crippen molar-refractivity contribution in [2.24, 2.45) is 0 Å². The third-order valence-electron chi connectivity index (χ3n) is 3.46. The van der Waals surface area contributed by atoms with Crippen molar-refractivity contribution in [3.63, 3.8) is 0 Å². The summed E-state index contributed by atoms with van der Waals surface area (Å²) in [6.07, 6.45) is 3.38. The highest BCUT2D eigenvalue weighted by Crippen LogP contribution is 2.18. The number of methoxy groups -OCH3 is 1. The first-order valence-corrected chi connectivity index (χ1v) is 7.41. The summed E-state index contributed by atoms with van der Waals surface area (Å²) in [4.78, 5) is 12.8.